The number of anilines is 1. The molecule has 0 aromatic heterocycles. The Morgan fingerprint density at radius 1 is 1.03 bits per heavy atom. The van der Waals surface area contributed by atoms with E-state index in [4.69, 9.17) is 0 Å². The second kappa shape index (κ2) is 8.49. The van der Waals surface area contributed by atoms with Gasteiger partial charge in [0.1, 0.15) is 0 Å². The molecule has 0 radical (unpaired) electrons. The zero-order chi connectivity index (χ0) is 22.1. The quantitative estimate of drug-likeness (QED) is 0.699. The lowest BCUT2D eigenvalue weighted by Gasteiger charge is -2.19. The van der Waals surface area contributed by atoms with Crippen molar-refractivity contribution < 1.29 is 21.6 Å². The van der Waals surface area contributed by atoms with Crippen LogP contribution in [0.5, 0.6) is 0 Å². The van der Waals surface area contributed by atoms with Crippen molar-refractivity contribution >= 4 is 31.5 Å². The lowest BCUT2D eigenvalue weighted by Crippen LogP contribution is -2.29. The predicted octanol–water partition coefficient (Wildman–Crippen LogP) is 2.82. The maximum Gasteiger partial charge on any atom is 0.241 e. The van der Waals surface area contributed by atoms with Gasteiger partial charge in [-0.2, -0.15) is 0 Å². The van der Waals surface area contributed by atoms with Gasteiger partial charge >= 0.3 is 0 Å². The zero-order valence-electron chi connectivity index (χ0n) is 17.3. The van der Waals surface area contributed by atoms with Crippen LogP contribution in [0.15, 0.2) is 52.3 Å². The van der Waals surface area contributed by atoms with E-state index in [1.165, 1.54) is 18.2 Å². The van der Waals surface area contributed by atoms with Gasteiger partial charge in [-0.15, -0.1) is 0 Å². The van der Waals surface area contributed by atoms with E-state index in [1.54, 1.807) is 36.1 Å². The number of hydrogen-bond donors (Lipinski definition) is 1. The number of amides is 1. The SMILES string of the molecule is CCC(=O)N1CCc2cc(S(=O)(=O)NC(CC)c3ccc(S(C)(=O)=O)cc3)ccc21. The molecule has 1 amide bonds. The van der Waals surface area contributed by atoms with E-state index in [0.717, 1.165) is 17.5 Å². The topological polar surface area (TPSA) is 101 Å². The minimum Gasteiger partial charge on any atom is -0.312 e. The summed E-state index contributed by atoms with van der Waals surface area (Å²) < 4.78 is 52.0. The molecule has 9 heteroatoms. The smallest absolute Gasteiger partial charge is 0.241 e. The summed E-state index contributed by atoms with van der Waals surface area (Å²) in [5, 5.41) is 0. The summed E-state index contributed by atoms with van der Waals surface area (Å²) >= 11 is 0. The highest BCUT2D eigenvalue weighted by Crippen LogP contribution is 2.31. The normalized spacial score (nSPS) is 15.1. The summed E-state index contributed by atoms with van der Waals surface area (Å²) in [7, 11) is -7.11. The maximum absolute atomic E-state index is 13.0. The van der Waals surface area contributed by atoms with Gasteiger partial charge in [0.15, 0.2) is 9.84 Å². The van der Waals surface area contributed by atoms with Crippen molar-refractivity contribution in [3.05, 3.63) is 53.6 Å². The molecule has 2 aromatic rings. The fourth-order valence-corrected chi connectivity index (χ4v) is 5.57. The largest absolute Gasteiger partial charge is 0.312 e. The van der Waals surface area contributed by atoms with Crippen LogP contribution in [0.4, 0.5) is 5.69 Å². The summed E-state index contributed by atoms with van der Waals surface area (Å²) in [6, 6.07) is 10.6. The van der Waals surface area contributed by atoms with Crippen molar-refractivity contribution in [2.75, 3.05) is 17.7 Å². The Morgan fingerprint density at radius 2 is 1.67 bits per heavy atom. The molecule has 0 saturated carbocycles. The number of rotatable bonds is 7. The van der Waals surface area contributed by atoms with Crippen molar-refractivity contribution in [3.63, 3.8) is 0 Å². The van der Waals surface area contributed by atoms with E-state index in [-0.39, 0.29) is 15.7 Å². The first kappa shape index (κ1) is 22.5. The predicted molar refractivity (Wildman–Crippen MR) is 116 cm³/mol. The zero-order valence-corrected chi connectivity index (χ0v) is 18.9. The molecule has 7 nitrogen and oxygen atoms in total. The molecule has 3 rings (SSSR count). The van der Waals surface area contributed by atoms with Gasteiger partial charge in [0.05, 0.1) is 9.79 Å². The molecule has 2 aromatic carbocycles. The van der Waals surface area contributed by atoms with Gasteiger partial charge in [0.2, 0.25) is 15.9 Å². The number of hydrogen-bond acceptors (Lipinski definition) is 5. The van der Waals surface area contributed by atoms with Crippen LogP contribution >= 0.6 is 0 Å². The molecule has 1 N–H and O–H groups in total. The molecule has 1 heterocycles. The molecule has 162 valence electrons. The minimum atomic E-state index is -3.79. The summed E-state index contributed by atoms with van der Waals surface area (Å²) in [5.74, 6) is 0.0195. The lowest BCUT2D eigenvalue weighted by molar-refractivity contribution is -0.118. The van der Waals surface area contributed by atoms with E-state index >= 15 is 0 Å². The average Bonchev–Trinajstić information content (AvgIpc) is 3.14. The number of fused-ring (bicyclic) bond motifs is 1. The maximum atomic E-state index is 13.0. The van der Waals surface area contributed by atoms with E-state index in [9.17, 15) is 21.6 Å². The third-order valence-electron chi connectivity index (χ3n) is 5.28. The van der Waals surface area contributed by atoms with E-state index in [0.29, 0.717) is 31.4 Å². The molecule has 1 atom stereocenters. The Labute approximate surface area is 178 Å². The van der Waals surface area contributed by atoms with Crippen LogP contribution in [-0.4, -0.2) is 35.5 Å². The van der Waals surface area contributed by atoms with E-state index in [1.807, 2.05) is 6.92 Å². The van der Waals surface area contributed by atoms with Gasteiger partial charge in [-0.05, 0) is 54.3 Å². The van der Waals surface area contributed by atoms with Gasteiger partial charge in [0, 0.05) is 31.0 Å². The van der Waals surface area contributed by atoms with Crippen LogP contribution in [0.25, 0.3) is 0 Å². The van der Waals surface area contributed by atoms with Gasteiger partial charge in [0.25, 0.3) is 0 Å². The van der Waals surface area contributed by atoms with Gasteiger partial charge < -0.3 is 4.90 Å². The number of sulfone groups is 1. The minimum absolute atomic E-state index is 0.0195. The molecule has 30 heavy (non-hydrogen) atoms. The van der Waals surface area contributed by atoms with Gasteiger partial charge in [-0.25, -0.2) is 21.6 Å². The number of nitrogens with zero attached hydrogens (tertiary/aromatic N) is 1. The highest BCUT2D eigenvalue weighted by molar-refractivity contribution is 7.90. The number of benzene rings is 2. The highest BCUT2D eigenvalue weighted by Gasteiger charge is 2.27. The Balaban J connectivity index is 1.84. The summed E-state index contributed by atoms with van der Waals surface area (Å²) in [6.07, 6.45) is 2.65. The Morgan fingerprint density at radius 3 is 2.23 bits per heavy atom. The third-order valence-corrected chi connectivity index (χ3v) is 7.87. The van der Waals surface area contributed by atoms with E-state index in [2.05, 4.69) is 4.72 Å². The van der Waals surface area contributed by atoms with Crippen molar-refractivity contribution in [1.29, 1.82) is 0 Å². The van der Waals surface area contributed by atoms with Crippen molar-refractivity contribution in [3.8, 4) is 0 Å². The first-order valence-electron chi connectivity index (χ1n) is 9.82. The van der Waals surface area contributed by atoms with Crippen LogP contribution in [0, 0.1) is 0 Å². The van der Waals surface area contributed by atoms with Crippen LogP contribution in [-0.2, 0) is 31.1 Å². The average molecular weight is 451 g/mol. The Kier molecular flexibility index (Phi) is 6.35. The van der Waals surface area contributed by atoms with E-state index < -0.39 is 25.9 Å². The van der Waals surface area contributed by atoms with Crippen molar-refractivity contribution in [2.24, 2.45) is 0 Å². The monoisotopic (exact) mass is 450 g/mol. The van der Waals surface area contributed by atoms with Gasteiger partial charge in [-0.1, -0.05) is 26.0 Å². The standard InChI is InChI=1S/C21H26N2O5S2/c1-4-19(15-6-8-17(9-7-15)29(3,25)26)22-30(27,28)18-10-11-20-16(14-18)12-13-23(20)21(24)5-2/h6-11,14,19,22H,4-5,12-13H2,1-3H3. The summed E-state index contributed by atoms with van der Waals surface area (Å²) in [6.45, 7) is 4.22. The molecule has 0 aliphatic carbocycles. The van der Waals surface area contributed by atoms with Gasteiger partial charge in [-0.3, -0.25) is 4.79 Å². The Bertz CT molecular complexity index is 1160. The van der Waals surface area contributed by atoms with Crippen LogP contribution < -0.4 is 9.62 Å². The third kappa shape index (κ3) is 4.58. The highest BCUT2D eigenvalue weighted by atomic mass is 32.2. The molecular weight excluding hydrogens is 424 g/mol. The number of carbonyl (C=O) groups excluding carboxylic acids is 1. The second-order valence-electron chi connectivity index (χ2n) is 7.36. The first-order valence-corrected chi connectivity index (χ1v) is 13.2. The molecule has 0 fully saturated rings. The molecular formula is C21H26N2O5S2. The van der Waals surface area contributed by atoms with Crippen LogP contribution in [0.1, 0.15) is 43.9 Å². The number of sulfonamides is 1. The number of nitrogens with one attached hydrogen (secondary N) is 1. The summed E-state index contributed by atoms with van der Waals surface area (Å²) in [5.41, 5.74) is 2.30. The first-order chi connectivity index (χ1) is 14.1. The molecule has 0 bridgehead atoms. The second-order valence-corrected chi connectivity index (χ2v) is 11.1. The number of carbonyl (C=O) groups is 1. The Hall–Kier alpha value is -2.23. The van der Waals surface area contributed by atoms with Crippen molar-refractivity contribution in [2.45, 2.75) is 48.9 Å². The molecule has 0 saturated heterocycles. The van der Waals surface area contributed by atoms with Crippen molar-refractivity contribution in [1.82, 2.24) is 4.72 Å². The molecule has 0 spiro atoms. The fourth-order valence-electron chi connectivity index (χ4n) is 3.58. The fraction of sp³-hybridized carbons (Fsp3) is 0.381. The molecule has 1 unspecified atom stereocenters. The van der Waals surface area contributed by atoms with Crippen LogP contribution in [0.2, 0.25) is 0 Å². The van der Waals surface area contributed by atoms with Crippen LogP contribution in [0.3, 0.4) is 0 Å². The molecule has 1 aliphatic heterocycles. The molecule has 1 aliphatic rings. The summed E-state index contributed by atoms with van der Waals surface area (Å²) in [4.78, 5) is 14.1. The lowest BCUT2D eigenvalue weighted by atomic mass is 10.1.